The number of halogens is 1. The van der Waals surface area contributed by atoms with Gasteiger partial charge in [-0.15, -0.1) is 0 Å². The van der Waals surface area contributed by atoms with Gasteiger partial charge in [0.25, 0.3) is 5.91 Å². The molecule has 0 radical (unpaired) electrons. The highest BCUT2D eigenvalue weighted by Crippen LogP contribution is 2.11. The summed E-state index contributed by atoms with van der Waals surface area (Å²) in [4.78, 5) is 17.5. The first-order valence-electron chi connectivity index (χ1n) is 5.34. The molecule has 1 aromatic rings. The van der Waals surface area contributed by atoms with Crippen molar-refractivity contribution in [1.82, 2.24) is 15.2 Å². The summed E-state index contributed by atoms with van der Waals surface area (Å²) in [6, 6.07) is 1.45. The summed E-state index contributed by atoms with van der Waals surface area (Å²) in [5, 5.41) is 3.11. The molecule has 4 nitrogen and oxygen atoms in total. The number of hydrogen-bond acceptors (Lipinski definition) is 3. The highest BCUT2D eigenvalue weighted by molar-refractivity contribution is 5.94. The van der Waals surface area contributed by atoms with Gasteiger partial charge in [0.1, 0.15) is 5.82 Å². The molecule has 86 valence electrons. The van der Waals surface area contributed by atoms with Crippen LogP contribution in [-0.4, -0.2) is 41.5 Å². The fraction of sp³-hybridized carbons (Fsp3) is 0.455. The van der Waals surface area contributed by atoms with Gasteiger partial charge in [-0.25, -0.2) is 4.39 Å². The Morgan fingerprint density at radius 3 is 2.88 bits per heavy atom. The maximum absolute atomic E-state index is 12.9. The minimum atomic E-state index is -0.478. The topological polar surface area (TPSA) is 45.2 Å². The van der Waals surface area contributed by atoms with Crippen LogP contribution in [0.3, 0.4) is 0 Å². The van der Waals surface area contributed by atoms with Crippen LogP contribution in [0.1, 0.15) is 17.3 Å². The highest BCUT2D eigenvalue weighted by atomic mass is 19.1. The standard InChI is InChI=1S/C11H14FN3O/c1-2-15(10-6-14-7-10)11(16)8-3-9(12)5-13-4-8/h3-5,10,14H,2,6-7H2,1H3. The van der Waals surface area contributed by atoms with Gasteiger partial charge in [-0.2, -0.15) is 0 Å². The predicted octanol–water partition coefficient (Wildman–Crippen LogP) is 0.655. The van der Waals surface area contributed by atoms with Crippen LogP contribution in [0.5, 0.6) is 0 Å². The van der Waals surface area contributed by atoms with E-state index in [0.29, 0.717) is 12.1 Å². The Balaban J connectivity index is 2.16. The Bertz CT molecular complexity index is 393. The van der Waals surface area contributed by atoms with E-state index >= 15 is 0 Å². The Morgan fingerprint density at radius 2 is 2.38 bits per heavy atom. The lowest BCUT2D eigenvalue weighted by Gasteiger charge is -2.37. The van der Waals surface area contributed by atoms with Crippen LogP contribution < -0.4 is 5.32 Å². The molecule has 1 amide bonds. The predicted molar refractivity (Wildman–Crippen MR) is 57.6 cm³/mol. The van der Waals surface area contributed by atoms with Gasteiger partial charge in [-0.1, -0.05) is 0 Å². The molecular weight excluding hydrogens is 209 g/mol. The van der Waals surface area contributed by atoms with Gasteiger partial charge < -0.3 is 10.2 Å². The van der Waals surface area contributed by atoms with Crippen LogP contribution in [0, 0.1) is 5.82 Å². The van der Waals surface area contributed by atoms with E-state index in [0.717, 1.165) is 19.3 Å². The van der Waals surface area contributed by atoms with Crippen molar-refractivity contribution < 1.29 is 9.18 Å². The normalized spacial score (nSPS) is 15.6. The van der Waals surface area contributed by atoms with Crippen LogP contribution >= 0.6 is 0 Å². The summed E-state index contributed by atoms with van der Waals surface area (Å²) < 4.78 is 12.9. The molecule has 5 heteroatoms. The minimum Gasteiger partial charge on any atom is -0.333 e. The number of hydrogen-bond donors (Lipinski definition) is 1. The zero-order chi connectivity index (χ0) is 11.5. The highest BCUT2D eigenvalue weighted by Gasteiger charge is 2.28. The monoisotopic (exact) mass is 223 g/mol. The molecule has 2 rings (SSSR count). The average molecular weight is 223 g/mol. The van der Waals surface area contributed by atoms with E-state index < -0.39 is 5.82 Å². The zero-order valence-corrected chi connectivity index (χ0v) is 9.11. The smallest absolute Gasteiger partial charge is 0.255 e. The van der Waals surface area contributed by atoms with Gasteiger partial charge in [0.2, 0.25) is 0 Å². The molecule has 0 bridgehead atoms. The lowest BCUT2D eigenvalue weighted by Crippen LogP contribution is -2.58. The van der Waals surface area contributed by atoms with E-state index in [1.54, 1.807) is 4.90 Å². The number of amides is 1. The molecule has 1 fully saturated rings. The summed E-state index contributed by atoms with van der Waals surface area (Å²) in [6.07, 6.45) is 2.50. The molecule has 16 heavy (non-hydrogen) atoms. The number of nitrogens with zero attached hydrogens (tertiary/aromatic N) is 2. The van der Waals surface area contributed by atoms with Crippen molar-refractivity contribution in [3.63, 3.8) is 0 Å². The van der Waals surface area contributed by atoms with Gasteiger partial charge in [-0.3, -0.25) is 9.78 Å². The minimum absolute atomic E-state index is 0.152. The number of carbonyl (C=O) groups is 1. The number of nitrogens with one attached hydrogen (secondary N) is 1. The summed E-state index contributed by atoms with van der Waals surface area (Å²) in [5.41, 5.74) is 0.314. The number of pyridine rings is 1. The molecule has 1 aliphatic rings. The Morgan fingerprint density at radius 1 is 1.62 bits per heavy atom. The molecule has 1 aromatic heterocycles. The Labute approximate surface area is 93.5 Å². The molecule has 1 N–H and O–H groups in total. The van der Waals surface area contributed by atoms with Gasteiger partial charge in [0, 0.05) is 25.8 Å². The average Bonchev–Trinajstić information content (AvgIpc) is 2.22. The van der Waals surface area contributed by atoms with Gasteiger partial charge >= 0.3 is 0 Å². The lowest BCUT2D eigenvalue weighted by molar-refractivity contribution is 0.0629. The molecular formula is C11H14FN3O. The van der Waals surface area contributed by atoms with Crippen LogP contribution in [0.25, 0.3) is 0 Å². The maximum atomic E-state index is 12.9. The van der Waals surface area contributed by atoms with E-state index in [1.807, 2.05) is 6.92 Å². The fourth-order valence-electron chi connectivity index (χ4n) is 1.76. The third-order valence-corrected chi connectivity index (χ3v) is 2.75. The van der Waals surface area contributed by atoms with Crippen molar-refractivity contribution in [2.75, 3.05) is 19.6 Å². The second kappa shape index (κ2) is 4.57. The molecule has 0 unspecified atom stereocenters. The first-order valence-corrected chi connectivity index (χ1v) is 5.34. The summed E-state index contributed by atoms with van der Waals surface area (Å²) in [6.45, 7) is 4.16. The van der Waals surface area contributed by atoms with E-state index in [-0.39, 0.29) is 11.9 Å². The van der Waals surface area contributed by atoms with Crippen LogP contribution in [0.2, 0.25) is 0 Å². The first kappa shape index (κ1) is 11.0. The molecule has 0 aromatic carbocycles. The Kier molecular flexibility index (Phi) is 3.14. The van der Waals surface area contributed by atoms with Crippen molar-refractivity contribution in [2.45, 2.75) is 13.0 Å². The van der Waals surface area contributed by atoms with Crippen LogP contribution in [0.15, 0.2) is 18.5 Å². The van der Waals surface area contributed by atoms with Crippen molar-refractivity contribution in [1.29, 1.82) is 0 Å². The summed E-state index contributed by atoms with van der Waals surface area (Å²) >= 11 is 0. The summed E-state index contributed by atoms with van der Waals surface area (Å²) in [5.74, 6) is -0.630. The Hall–Kier alpha value is -1.49. The van der Waals surface area contributed by atoms with Crippen molar-refractivity contribution >= 4 is 5.91 Å². The van der Waals surface area contributed by atoms with E-state index in [1.165, 1.54) is 12.3 Å². The van der Waals surface area contributed by atoms with Crippen molar-refractivity contribution in [3.05, 3.63) is 29.8 Å². The maximum Gasteiger partial charge on any atom is 0.255 e. The van der Waals surface area contributed by atoms with Crippen molar-refractivity contribution in [3.8, 4) is 0 Å². The quantitative estimate of drug-likeness (QED) is 0.818. The molecule has 2 heterocycles. The molecule has 0 aliphatic carbocycles. The van der Waals surface area contributed by atoms with E-state index in [9.17, 15) is 9.18 Å². The van der Waals surface area contributed by atoms with Crippen molar-refractivity contribution in [2.24, 2.45) is 0 Å². The fourth-order valence-corrected chi connectivity index (χ4v) is 1.76. The number of carbonyl (C=O) groups excluding carboxylic acids is 1. The zero-order valence-electron chi connectivity index (χ0n) is 9.11. The van der Waals surface area contributed by atoms with Gasteiger partial charge in [0.05, 0.1) is 17.8 Å². The second-order valence-corrected chi connectivity index (χ2v) is 3.80. The third-order valence-electron chi connectivity index (χ3n) is 2.75. The third kappa shape index (κ3) is 2.04. The van der Waals surface area contributed by atoms with Crippen LogP contribution in [-0.2, 0) is 0 Å². The van der Waals surface area contributed by atoms with Gasteiger partial charge in [-0.05, 0) is 13.0 Å². The van der Waals surface area contributed by atoms with E-state index in [2.05, 4.69) is 10.3 Å². The first-order chi connectivity index (χ1) is 7.72. The van der Waals surface area contributed by atoms with E-state index in [4.69, 9.17) is 0 Å². The molecule has 0 atom stereocenters. The number of aromatic nitrogens is 1. The van der Waals surface area contributed by atoms with Crippen LogP contribution in [0.4, 0.5) is 4.39 Å². The molecule has 1 saturated heterocycles. The lowest BCUT2D eigenvalue weighted by atomic mass is 10.1. The number of rotatable bonds is 3. The summed E-state index contributed by atoms with van der Waals surface area (Å²) in [7, 11) is 0. The molecule has 1 aliphatic heterocycles. The number of likely N-dealkylation sites (N-methyl/N-ethyl adjacent to an activating group) is 1. The molecule has 0 saturated carbocycles. The molecule has 0 spiro atoms. The largest absolute Gasteiger partial charge is 0.333 e. The van der Waals surface area contributed by atoms with Gasteiger partial charge in [0.15, 0.2) is 0 Å². The SMILES string of the molecule is CCN(C(=O)c1cncc(F)c1)C1CNC1. The second-order valence-electron chi connectivity index (χ2n) is 3.80.